The van der Waals surface area contributed by atoms with Crippen LogP contribution in [0.4, 0.5) is 10.6 Å². The first-order chi connectivity index (χ1) is 21.7. The molecule has 0 aliphatic heterocycles. The zero-order valence-electron chi connectivity index (χ0n) is 27.4. The van der Waals surface area contributed by atoms with Gasteiger partial charge in [-0.05, 0) is 115 Å². The Balaban J connectivity index is 1.31. The molecule has 0 spiro atoms. The predicted molar refractivity (Wildman–Crippen MR) is 174 cm³/mol. The fourth-order valence-corrected chi connectivity index (χ4v) is 6.71. The second-order valence-electron chi connectivity index (χ2n) is 12.8. The van der Waals surface area contributed by atoms with Crippen molar-refractivity contribution in [2.45, 2.75) is 97.1 Å². The van der Waals surface area contributed by atoms with Crippen molar-refractivity contribution in [2.24, 2.45) is 11.8 Å². The van der Waals surface area contributed by atoms with Crippen molar-refractivity contribution in [1.82, 2.24) is 25.1 Å². The van der Waals surface area contributed by atoms with E-state index in [0.717, 1.165) is 53.9 Å². The third-order valence-electron chi connectivity index (χ3n) is 9.35. The number of aryl methyl sites for hydroxylation is 1. The van der Waals surface area contributed by atoms with Crippen molar-refractivity contribution in [3.05, 3.63) is 54.2 Å². The number of nitrogens with zero attached hydrogens (tertiary/aromatic N) is 5. The third kappa shape index (κ3) is 8.02. The molecule has 10 heteroatoms. The molecule has 10 nitrogen and oxygen atoms in total. The molecule has 0 radical (unpaired) electrons. The summed E-state index contributed by atoms with van der Waals surface area (Å²) in [5.74, 6) is 2.27. The minimum Gasteiger partial charge on any atom is -0.495 e. The Morgan fingerprint density at radius 3 is 2.44 bits per heavy atom. The molecule has 0 bridgehead atoms. The van der Waals surface area contributed by atoms with Gasteiger partial charge in [0, 0.05) is 54.6 Å². The van der Waals surface area contributed by atoms with Gasteiger partial charge in [0.25, 0.3) is 0 Å². The number of hydrogen-bond donors (Lipinski definition) is 1. The van der Waals surface area contributed by atoms with Gasteiger partial charge in [0.2, 0.25) is 5.91 Å². The number of hydrogen-bond acceptors (Lipinski definition) is 7. The van der Waals surface area contributed by atoms with Crippen LogP contribution in [0.2, 0.25) is 0 Å². The molecule has 3 aromatic rings. The topological polar surface area (TPSA) is 111 Å². The minimum atomic E-state index is -0.383. The molecule has 2 amide bonds. The summed E-state index contributed by atoms with van der Waals surface area (Å²) in [6.45, 7) is 9.24. The van der Waals surface area contributed by atoms with Crippen molar-refractivity contribution >= 4 is 17.8 Å². The fourth-order valence-electron chi connectivity index (χ4n) is 6.71. The van der Waals surface area contributed by atoms with Crippen LogP contribution in [0.15, 0.2) is 42.9 Å². The molecule has 2 aliphatic carbocycles. The molecule has 242 valence electrons. The van der Waals surface area contributed by atoms with Gasteiger partial charge in [0.15, 0.2) is 0 Å². The maximum absolute atomic E-state index is 14.3. The number of carbonyl (C=O) groups is 2. The maximum atomic E-state index is 14.3. The number of carbonyl (C=O) groups excluding carboxylic acids is 2. The predicted octanol–water partition coefficient (Wildman–Crippen LogP) is 6.85. The van der Waals surface area contributed by atoms with E-state index >= 15 is 0 Å². The van der Waals surface area contributed by atoms with Gasteiger partial charge in [-0.2, -0.15) is 5.10 Å². The third-order valence-corrected chi connectivity index (χ3v) is 9.35. The Labute approximate surface area is 266 Å². The average molecular weight is 617 g/mol. The highest BCUT2D eigenvalue weighted by Crippen LogP contribution is 2.38. The second kappa shape index (κ2) is 14.9. The Bertz CT molecular complexity index is 1440. The molecule has 2 saturated carbocycles. The molecule has 45 heavy (non-hydrogen) atoms. The van der Waals surface area contributed by atoms with Crippen LogP contribution in [-0.4, -0.2) is 58.1 Å². The summed E-state index contributed by atoms with van der Waals surface area (Å²) in [6, 6.07) is 8.38. The molecule has 2 aliphatic rings. The molecule has 2 fully saturated rings. The van der Waals surface area contributed by atoms with Gasteiger partial charge >= 0.3 is 6.09 Å². The number of rotatable bonds is 10. The first kappa shape index (κ1) is 32.4. The van der Waals surface area contributed by atoms with Crippen LogP contribution < -0.4 is 15.0 Å². The lowest BCUT2D eigenvalue weighted by molar-refractivity contribution is -0.124. The molecule has 0 unspecified atom stereocenters. The van der Waals surface area contributed by atoms with Crippen LogP contribution in [0.3, 0.4) is 0 Å². The normalized spacial score (nSPS) is 21.7. The molecular formula is C35H48N6O4. The van der Waals surface area contributed by atoms with E-state index in [1.807, 2.05) is 54.0 Å². The van der Waals surface area contributed by atoms with Crippen molar-refractivity contribution in [3.8, 4) is 16.9 Å². The van der Waals surface area contributed by atoms with Crippen LogP contribution in [0.5, 0.6) is 5.75 Å². The van der Waals surface area contributed by atoms with Gasteiger partial charge in [-0.15, -0.1) is 0 Å². The summed E-state index contributed by atoms with van der Waals surface area (Å²) in [5.41, 5.74) is 4.05. The summed E-state index contributed by atoms with van der Waals surface area (Å²) < 4.78 is 12.9. The number of ether oxygens (including phenoxy) is 2. The van der Waals surface area contributed by atoms with Gasteiger partial charge in [-0.1, -0.05) is 0 Å². The summed E-state index contributed by atoms with van der Waals surface area (Å²) in [5, 5.41) is 7.22. The van der Waals surface area contributed by atoms with Crippen LogP contribution in [0.1, 0.15) is 95.5 Å². The first-order valence-electron chi connectivity index (χ1n) is 16.5. The zero-order valence-corrected chi connectivity index (χ0v) is 27.4. The zero-order chi connectivity index (χ0) is 31.9. The van der Waals surface area contributed by atoms with Crippen LogP contribution in [0, 0.1) is 18.8 Å². The Morgan fingerprint density at radius 2 is 1.80 bits per heavy atom. The number of nitrogens with one attached hydrogen (secondary N) is 1. The molecule has 0 aromatic carbocycles. The van der Waals surface area contributed by atoms with E-state index in [9.17, 15) is 9.59 Å². The Morgan fingerprint density at radius 1 is 1.04 bits per heavy atom. The smallest absolute Gasteiger partial charge is 0.407 e. The van der Waals surface area contributed by atoms with Crippen LogP contribution in [0.25, 0.3) is 11.1 Å². The summed E-state index contributed by atoms with van der Waals surface area (Å²) in [4.78, 5) is 37.7. The highest BCUT2D eigenvalue weighted by molar-refractivity contribution is 5.94. The Kier molecular flexibility index (Phi) is 10.7. The quantitative estimate of drug-likeness (QED) is 0.265. The van der Waals surface area contributed by atoms with E-state index in [-0.39, 0.29) is 30.1 Å². The van der Waals surface area contributed by atoms with Crippen molar-refractivity contribution < 1.29 is 19.1 Å². The maximum Gasteiger partial charge on any atom is 0.407 e. The van der Waals surface area contributed by atoms with Gasteiger partial charge in [-0.25, -0.2) is 9.78 Å². The standard InChI is InChI=1S/C35H48N6O4/c1-6-36-35(43)45-30-13-11-27(12-14-30)34(42)40(33-19-28(17-18-37-33)29-20-38-41(22-29)23(2)3)21-25-7-9-26(10-8-25)31-15-16-32(44-5)24(4)39-31/h15-20,22-23,25-27,30H,6-14,21H2,1-5H3,(H,36,43). The van der Waals surface area contributed by atoms with Gasteiger partial charge < -0.3 is 14.8 Å². The van der Waals surface area contributed by atoms with Gasteiger partial charge in [0.1, 0.15) is 17.7 Å². The summed E-state index contributed by atoms with van der Waals surface area (Å²) in [7, 11) is 1.68. The highest BCUT2D eigenvalue weighted by Gasteiger charge is 2.34. The number of pyridine rings is 2. The number of anilines is 1. The monoisotopic (exact) mass is 616 g/mol. The van der Waals surface area contributed by atoms with Crippen molar-refractivity contribution in [1.29, 1.82) is 0 Å². The second-order valence-corrected chi connectivity index (χ2v) is 12.8. The Hall–Kier alpha value is -3.95. The van der Waals surface area contributed by atoms with E-state index in [0.29, 0.717) is 56.4 Å². The summed E-state index contributed by atoms with van der Waals surface area (Å²) in [6.07, 6.45) is 12.0. The largest absolute Gasteiger partial charge is 0.495 e. The molecule has 0 saturated heterocycles. The van der Waals surface area contributed by atoms with E-state index in [1.165, 1.54) is 0 Å². The fraction of sp³-hybridized carbons (Fsp3) is 0.571. The lowest BCUT2D eigenvalue weighted by Crippen LogP contribution is -2.42. The highest BCUT2D eigenvalue weighted by atomic mass is 16.6. The van der Waals surface area contributed by atoms with E-state index < -0.39 is 0 Å². The lowest BCUT2D eigenvalue weighted by atomic mass is 9.79. The van der Waals surface area contributed by atoms with E-state index in [1.54, 1.807) is 13.3 Å². The van der Waals surface area contributed by atoms with Crippen molar-refractivity contribution in [3.63, 3.8) is 0 Å². The van der Waals surface area contributed by atoms with Crippen LogP contribution >= 0.6 is 0 Å². The first-order valence-corrected chi connectivity index (χ1v) is 16.5. The molecule has 0 atom stereocenters. The number of methoxy groups -OCH3 is 1. The molecular weight excluding hydrogens is 568 g/mol. The van der Waals surface area contributed by atoms with Gasteiger partial charge in [-0.3, -0.25) is 19.4 Å². The van der Waals surface area contributed by atoms with E-state index in [4.69, 9.17) is 19.4 Å². The summed E-state index contributed by atoms with van der Waals surface area (Å²) >= 11 is 0. The van der Waals surface area contributed by atoms with Crippen molar-refractivity contribution in [2.75, 3.05) is 25.1 Å². The number of amides is 2. The SMILES string of the molecule is CCNC(=O)OC1CCC(C(=O)N(CC2CCC(c3ccc(OC)c(C)n3)CC2)c2cc(-c3cnn(C(C)C)c3)ccn2)CC1. The molecule has 5 rings (SSSR count). The number of alkyl carbamates (subject to hydrolysis) is 1. The molecule has 3 heterocycles. The van der Waals surface area contributed by atoms with Crippen LogP contribution in [-0.2, 0) is 9.53 Å². The van der Waals surface area contributed by atoms with Gasteiger partial charge in [0.05, 0.1) is 19.0 Å². The van der Waals surface area contributed by atoms with E-state index in [2.05, 4.69) is 30.3 Å². The lowest BCUT2D eigenvalue weighted by Gasteiger charge is -2.35. The average Bonchev–Trinajstić information content (AvgIpc) is 3.55. The molecule has 1 N–H and O–H groups in total. The minimum absolute atomic E-state index is 0.114. The number of aromatic nitrogens is 4. The molecule has 3 aromatic heterocycles.